The minimum Gasteiger partial charge on any atom is -0.422 e. The van der Waals surface area contributed by atoms with Gasteiger partial charge in [-0.25, -0.2) is 10.2 Å². The summed E-state index contributed by atoms with van der Waals surface area (Å²) in [6.07, 6.45) is 1.45. The molecule has 0 radical (unpaired) electrons. The van der Waals surface area contributed by atoms with Crippen molar-refractivity contribution in [3.63, 3.8) is 0 Å². The maximum Gasteiger partial charge on any atom is 0.345 e. The summed E-state index contributed by atoms with van der Waals surface area (Å²) in [7, 11) is 0. The third-order valence-electron chi connectivity index (χ3n) is 4.68. The number of amides is 1. The molecule has 0 fully saturated rings. The van der Waals surface area contributed by atoms with Gasteiger partial charge in [-0.2, -0.15) is 5.10 Å². The van der Waals surface area contributed by atoms with E-state index in [0.29, 0.717) is 16.1 Å². The van der Waals surface area contributed by atoms with E-state index >= 15 is 0 Å². The lowest BCUT2D eigenvalue weighted by Crippen LogP contribution is -2.17. The Balaban J connectivity index is 1.65. The smallest absolute Gasteiger partial charge is 0.345 e. The molecule has 4 aromatic rings. The molecule has 0 aliphatic carbocycles. The van der Waals surface area contributed by atoms with Crippen molar-refractivity contribution < 1.29 is 14.3 Å². The molecule has 0 heterocycles. The molecule has 0 atom stereocenters. The highest BCUT2D eigenvalue weighted by Crippen LogP contribution is 2.29. The molecule has 7 heteroatoms. The van der Waals surface area contributed by atoms with Gasteiger partial charge in [-0.3, -0.25) is 4.79 Å². The molecule has 158 valence electrons. The Hall–Kier alpha value is -3.67. The maximum absolute atomic E-state index is 12.7. The van der Waals surface area contributed by atoms with E-state index in [1.807, 2.05) is 36.4 Å². The Morgan fingerprint density at radius 1 is 0.875 bits per heavy atom. The predicted molar refractivity (Wildman–Crippen MR) is 127 cm³/mol. The summed E-state index contributed by atoms with van der Waals surface area (Å²) in [4.78, 5) is 25.0. The number of rotatable bonds is 5. The van der Waals surface area contributed by atoms with E-state index in [2.05, 4.69) is 10.5 Å². The monoisotopic (exact) mass is 462 g/mol. The first-order valence-corrected chi connectivity index (χ1v) is 10.4. The third-order valence-corrected chi connectivity index (χ3v) is 5.23. The quantitative estimate of drug-likeness (QED) is 0.168. The van der Waals surface area contributed by atoms with E-state index in [9.17, 15) is 9.59 Å². The number of benzene rings is 4. The number of halogens is 2. The van der Waals surface area contributed by atoms with Crippen molar-refractivity contribution in [2.75, 3.05) is 0 Å². The summed E-state index contributed by atoms with van der Waals surface area (Å²) >= 11 is 12.1. The van der Waals surface area contributed by atoms with Gasteiger partial charge in [0, 0.05) is 16.1 Å². The number of hydrogen-bond donors (Lipinski definition) is 1. The van der Waals surface area contributed by atoms with Gasteiger partial charge in [-0.1, -0.05) is 71.7 Å². The van der Waals surface area contributed by atoms with Crippen molar-refractivity contribution in [1.82, 2.24) is 5.43 Å². The third kappa shape index (κ3) is 4.80. The molecule has 0 aromatic heterocycles. The summed E-state index contributed by atoms with van der Waals surface area (Å²) in [5.41, 5.74) is 3.69. The SMILES string of the molecule is O=C(N/N=C\c1c(OC(=O)c2ccc(Cl)cc2Cl)ccc2ccccc12)c1ccccc1. The zero-order valence-electron chi connectivity index (χ0n) is 16.6. The van der Waals surface area contributed by atoms with Crippen LogP contribution in [0.1, 0.15) is 26.3 Å². The Morgan fingerprint density at radius 3 is 2.41 bits per heavy atom. The summed E-state index contributed by atoms with van der Waals surface area (Å²) in [5, 5.41) is 6.41. The average molecular weight is 463 g/mol. The number of carbonyl (C=O) groups is 2. The number of carbonyl (C=O) groups excluding carboxylic acids is 2. The van der Waals surface area contributed by atoms with Crippen LogP contribution < -0.4 is 10.2 Å². The van der Waals surface area contributed by atoms with Crippen LogP contribution in [0.2, 0.25) is 10.0 Å². The van der Waals surface area contributed by atoms with Crippen LogP contribution in [0.4, 0.5) is 0 Å². The normalized spacial score (nSPS) is 10.9. The molecule has 0 bridgehead atoms. The second-order valence-corrected chi connectivity index (χ2v) is 7.62. The van der Waals surface area contributed by atoms with Gasteiger partial charge in [0.05, 0.1) is 16.8 Å². The molecule has 1 N–H and O–H groups in total. The van der Waals surface area contributed by atoms with Crippen LogP contribution in [0.15, 0.2) is 90.0 Å². The van der Waals surface area contributed by atoms with Crippen LogP contribution in [0.5, 0.6) is 5.75 Å². The molecule has 0 unspecified atom stereocenters. The number of hydrazone groups is 1. The first-order valence-electron chi connectivity index (χ1n) is 9.60. The van der Waals surface area contributed by atoms with Gasteiger partial charge in [-0.05, 0) is 47.2 Å². The molecule has 0 saturated carbocycles. The number of ether oxygens (including phenoxy) is 1. The molecule has 1 amide bonds. The number of fused-ring (bicyclic) bond motifs is 1. The van der Waals surface area contributed by atoms with Crippen molar-refractivity contribution in [1.29, 1.82) is 0 Å². The predicted octanol–water partition coefficient (Wildman–Crippen LogP) is 6.13. The summed E-state index contributed by atoms with van der Waals surface area (Å²) in [6, 6.07) is 24.3. The standard InChI is InChI=1S/C25H16Cl2N2O3/c26-18-11-12-20(22(27)14-18)25(31)32-23-13-10-16-6-4-5-9-19(16)21(23)15-28-29-24(30)17-7-2-1-3-8-17/h1-15H,(H,29,30)/b28-15-. The highest BCUT2D eigenvalue weighted by Gasteiger charge is 2.16. The van der Waals surface area contributed by atoms with Gasteiger partial charge < -0.3 is 4.74 Å². The Morgan fingerprint density at radius 2 is 1.62 bits per heavy atom. The van der Waals surface area contributed by atoms with E-state index in [4.69, 9.17) is 27.9 Å². The van der Waals surface area contributed by atoms with Crippen LogP contribution in [0, 0.1) is 0 Å². The number of esters is 1. The maximum atomic E-state index is 12.7. The van der Waals surface area contributed by atoms with Gasteiger partial charge >= 0.3 is 5.97 Å². The Kier molecular flexibility index (Phi) is 6.50. The zero-order chi connectivity index (χ0) is 22.5. The molecule has 0 spiro atoms. The van der Waals surface area contributed by atoms with Crippen LogP contribution >= 0.6 is 23.2 Å². The second kappa shape index (κ2) is 9.64. The zero-order valence-corrected chi connectivity index (χ0v) is 18.1. The van der Waals surface area contributed by atoms with Gasteiger partial charge in [-0.15, -0.1) is 0 Å². The molecule has 0 saturated heterocycles. The molecule has 32 heavy (non-hydrogen) atoms. The van der Waals surface area contributed by atoms with Gasteiger partial charge in [0.25, 0.3) is 5.91 Å². The average Bonchev–Trinajstić information content (AvgIpc) is 2.80. The van der Waals surface area contributed by atoms with Gasteiger partial charge in [0.1, 0.15) is 5.75 Å². The van der Waals surface area contributed by atoms with Crippen LogP contribution in [-0.4, -0.2) is 18.1 Å². The highest BCUT2D eigenvalue weighted by molar-refractivity contribution is 6.36. The number of hydrogen-bond acceptors (Lipinski definition) is 4. The number of nitrogens with one attached hydrogen (secondary N) is 1. The van der Waals surface area contributed by atoms with E-state index in [-0.39, 0.29) is 22.2 Å². The second-order valence-electron chi connectivity index (χ2n) is 6.78. The van der Waals surface area contributed by atoms with E-state index in [1.165, 1.54) is 18.3 Å². The molecule has 4 rings (SSSR count). The minimum atomic E-state index is -0.634. The molecule has 0 aliphatic rings. The fourth-order valence-corrected chi connectivity index (χ4v) is 3.60. The minimum absolute atomic E-state index is 0.185. The Bertz CT molecular complexity index is 1340. The van der Waals surface area contributed by atoms with E-state index in [0.717, 1.165) is 10.8 Å². The van der Waals surface area contributed by atoms with Crippen molar-refractivity contribution in [3.8, 4) is 5.75 Å². The van der Waals surface area contributed by atoms with E-state index < -0.39 is 5.97 Å². The lowest BCUT2D eigenvalue weighted by Gasteiger charge is -2.11. The lowest BCUT2D eigenvalue weighted by molar-refractivity contribution is 0.0734. The van der Waals surface area contributed by atoms with Crippen molar-refractivity contribution in [3.05, 3.63) is 112 Å². The van der Waals surface area contributed by atoms with Gasteiger partial charge in [0.15, 0.2) is 0 Å². The van der Waals surface area contributed by atoms with E-state index in [1.54, 1.807) is 36.4 Å². The first kappa shape index (κ1) is 21.6. The highest BCUT2D eigenvalue weighted by atomic mass is 35.5. The van der Waals surface area contributed by atoms with Crippen LogP contribution in [0.3, 0.4) is 0 Å². The summed E-state index contributed by atoms with van der Waals surface area (Å²) in [5.74, 6) is -0.712. The number of nitrogens with zero attached hydrogens (tertiary/aromatic N) is 1. The fraction of sp³-hybridized carbons (Fsp3) is 0. The lowest BCUT2D eigenvalue weighted by atomic mass is 10.0. The summed E-state index contributed by atoms with van der Waals surface area (Å²) < 4.78 is 5.63. The van der Waals surface area contributed by atoms with Crippen LogP contribution in [-0.2, 0) is 0 Å². The Labute approximate surface area is 194 Å². The molecule has 4 aromatic carbocycles. The van der Waals surface area contributed by atoms with Gasteiger partial charge in [0.2, 0.25) is 0 Å². The summed E-state index contributed by atoms with van der Waals surface area (Å²) in [6.45, 7) is 0. The van der Waals surface area contributed by atoms with Crippen molar-refractivity contribution in [2.24, 2.45) is 5.10 Å². The first-order chi connectivity index (χ1) is 15.5. The van der Waals surface area contributed by atoms with Crippen molar-refractivity contribution in [2.45, 2.75) is 0 Å². The molecule has 0 aliphatic heterocycles. The fourth-order valence-electron chi connectivity index (χ4n) is 3.12. The van der Waals surface area contributed by atoms with Crippen molar-refractivity contribution >= 4 is 52.1 Å². The molecule has 5 nitrogen and oxygen atoms in total. The van der Waals surface area contributed by atoms with Crippen LogP contribution in [0.25, 0.3) is 10.8 Å². The largest absolute Gasteiger partial charge is 0.422 e. The molecular weight excluding hydrogens is 447 g/mol. The molecular formula is C25H16Cl2N2O3. The topological polar surface area (TPSA) is 67.8 Å².